The highest BCUT2D eigenvalue weighted by Gasteiger charge is 2.36. The minimum atomic E-state index is -1.39. The Balaban J connectivity index is 2.21. The Labute approximate surface area is 136 Å². The van der Waals surface area contributed by atoms with Crippen molar-refractivity contribution < 1.29 is 9.53 Å². The lowest BCUT2D eigenvalue weighted by Gasteiger charge is -2.34. The first-order chi connectivity index (χ1) is 10.4. The highest BCUT2D eigenvalue weighted by Crippen LogP contribution is 2.36. The summed E-state index contributed by atoms with van der Waals surface area (Å²) in [4.78, 5) is 12.6. The lowest BCUT2D eigenvalue weighted by atomic mass is 10.0. The van der Waals surface area contributed by atoms with Gasteiger partial charge in [0.25, 0.3) is 0 Å². The lowest BCUT2D eigenvalue weighted by molar-refractivity contribution is -0.154. The maximum atomic E-state index is 12.6. The van der Waals surface area contributed by atoms with Gasteiger partial charge in [0.2, 0.25) is 0 Å². The summed E-state index contributed by atoms with van der Waals surface area (Å²) in [6, 6.07) is 10.7. The summed E-state index contributed by atoms with van der Waals surface area (Å²) >= 11 is 0. The molecule has 1 fully saturated rings. The van der Waals surface area contributed by atoms with Crippen molar-refractivity contribution in [1.82, 2.24) is 0 Å². The van der Waals surface area contributed by atoms with Crippen LogP contribution < -0.4 is 5.19 Å². The standard InChI is InChI=1S/C19H30O2Si/c1-15(18(20)21-19(2,3)4)22(16-11-7-5-8-12-16)17-13-9-6-10-14-17/h5,7-8,11-12,15,17,22H,6,9-10,13-14H2,1-4H3/t15-,22?/m1/s1. The van der Waals surface area contributed by atoms with Gasteiger partial charge in [-0.1, -0.05) is 74.5 Å². The molecule has 1 aromatic carbocycles. The van der Waals surface area contributed by atoms with Gasteiger partial charge in [-0.05, 0) is 26.3 Å². The molecule has 2 rings (SSSR count). The molecule has 1 aliphatic carbocycles. The quantitative estimate of drug-likeness (QED) is 0.615. The molecule has 2 atom stereocenters. The number of esters is 1. The maximum Gasteiger partial charge on any atom is 0.306 e. The van der Waals surface area contributed by atoms with Crippen molar-refractivity contribution in [2.45, 2.75) is 76.5 Å². The summed E-state index contributed by atoms with van der Waals surface area (Å²) in [6.45, 7) is 7.97. The number of carbonyl (C=O) groups is 1. The summed E-state index contributed by atoms with van der Waals surface area (Å²) in [6.07, 6.45) is 6.58. The SMILES string of the molecule is C[C@H](C(=O)OC(C)(C)C)[SiH](c1ccccc1)C1CCCCC1. The number of hydrogen-bond donors (Lipinski definition) is 0. The Morgan fingerprint density at radius 2 is 1.73 bits per heavy atom. The molecule has 1 aliphatic rings. The van der Waals surface area contributed by atoms with Crippen LogP contribution in [-0.2, 0) is 9.53 Å². The van der Waals surface area contributed by atoms with Crippen molar-refractivity contribution in [3.05, 3.63) is 30.3 Å². The molecule has 0 N–H and O–H groups in total. The van der Waals surface area contributed by atoms with Gasteiger partial charge in [-0.3, -0.25) is 4.79 Å². The summed E-state index contributed by atoms with van der Waals surface area (Å²) < 4.78 is 5.69. The van der Waals surface area contributed by atoms with Crippen molar-refractivity contribution in [3.8, 4) is 0 Å². The van der Waals surface area contributed by atoms with Crippen LogP contribution in [0.2, 0.25) is 11.1 Å². The monoisotopic (exact) mass is 318 g/mol. The Morgan fingerprint density at radius 3 is 2.27 bits per heavy atom. The maximum absolute atomic E-state index is 12.6. The van der Waals surface area contributed by atoms with Crippen molar-refractivity contribution in [2.24, 2.45) is 0 Å². The number of rotatable bonds is 4. The molecule has 0 aliphatic heterocycles. The average molecular weight is 319 g/mol. The van der Waals surface area contributed by atoms with Crippen LogP contribution in [0.25, 0.3) is 0 Å². The second kappa shape index (κ2) is 7.45. The molecule has 0 spiro atoms. The zero-order chi connectivity index (χ0) is 16.2. The first-order valence-electron chi connectivity index (χ1n) is 8.66. The molecular formula is C19H30O2Si. The van der Waals surface area contributed by atoms with E-state index in [0.717, 1.165) is 5.54 Å². The lowest BCUT2D eigenvalue weighted by Crippen LogP contribution is -2.43. The highest BCUT2D eigenvalue weighted by atomic mass is 28.3. The fraction of sp³-hybridized carbons (Fsp3) is 0.632. The fourth-order valence-electron chi connectivity index (χ4n) is 3.68. The first kappa shape index (κ1) is 17.3. The van der Waals surface area contributed by atoms with Crippen LogP contribution in [0.15, 0.2) is 30.3 Å². The van der Waals surface area contributed by atoms with Crippen molar-refractivity contribution >= 4 is 20.0 Å². The van der Waals surface area contributed by atoms with E-state index >= 15 is 0 Å². The predicted octanol–water partition coefficient (Wildman–Crippen LogP) is 4.19. The van der Waals surface area contributed by atoms with E-state index in [9.17, 15) is 4.79 Å². The van der Waals surface area contributed by atoms with E-state index in [-0.39, 0.29) is 11.5 Å². The van der Waals surface area contributed by atoms with E-state index in [2.05, 4.69) is 37.3 Å². The van der Waals surface area contributed by atoms with E-state index in [1.165, 1.54) is 37.3 Å². The summed E-state index contributed by atoms with van der Waals surface area (Å²) in [5.74, 6) is -0.00130. The van der Waals surface area contributed by atoms with Crippen LogP contribution in [0, 0.1) is 0 Å². The van der Waals surface area contributed by atoms with Gasteiger partial charge in [0.15, 0.2) is 0 Å². The smallest absolute Gasteiger partial charge is 0.306 e. The Hall–Kier alpha value is -1.09. The van der Waals surface area contributed by atoms with Gasteiger partial charge in [0, 0.05) is 5.54 Å². The molecule has 2 nitrogen and oxygen atoms in total. The van der Waals surface area contributed by atoms with Gasteiger partial charge in [0.05, 0.1) is 8.80 Å². The summed E-state index contributed by atoms with van der Waals surface area (Å²) in [5.41, 5.74) is 0.386. The van der Waals surface area contributed by atoms with Crippen LogP contribution in [0.3, 0.4) is 0 Å². The molecule has 0 aromatic heterocycles. The van der Waals surface area contributed by atoms with Gasteiger partial charge in [-0.15, -0.1) is 0 Å². The third kappa shape index (κ3) is 4.70. The van der Waals surface area contributed by atoms with Gasteiger partial charge in [-0.2, -0.15) is 0 Å². The second-order valence-electron chi connectivity index (χ2n) is 7.66. The molecule has 0 radical (unpaired) electrons. The molecule has 122 valence electrons. The molecule has 0 heterocycles. The van der Waals surface area contributed by atoms with Gasteiger partial charge in [-0.25, -0.2) is 0 Å². The van der Waals surface area contributed by atoms with Crippen molar-refractivity contribution in [2.75, 3.05) is 0 Å². The molecule has 22 heavy (non-hydrogen) atoms. The molecule has 0 amide bonds. The zero-order valence-corrected chi connectivity index (χ0v) is 15.6. The molecule has 0 saturated heterocycles. The summed E-state index contributed by atoms with van der Waals surface area (Å²) in [5, 5.41) is 1.42. The second-order valence-corrected chi connectivity index (χ2v) is 11.3. The Kier molecular flexibility index (Phi) is 5.85. The normalized spacial score (nSPS) is 19.5. The number of benzene rings is 1. The number of hydrogen-bond acceptors (Lipinski definition) is 2. The molecule has 0 bridgehead atoms. The van der Waals surface area contributed by atoms with Crippen LogP contribution in [-0.4, -0.2) is 20.4 Å². The van der Waals surface area contributed by atoms with E-state index in [0.29, 0.717) is 0 Å². The predicted molar refractivity (Wildman–Crippen MR) is 95.3 cm³/mol. The van der Waals surface area contributed by atoms with E-state index in [1.807, 2.05) is 20.8 Å². The van der Waals surface area contributed by atoms with E-state index in [1.54, 1.807) is 0 Å². The minimum Gasteiger partial charge on any atom is -0.460 e. The van der Waals surface area contributed by atoms with Crippen LogP contribution in [0.4, 0.5) is 0 Å². The van der Waals surface area contributed by atoms with Gasteiger partial charge in [0.1, 0.15) is 5.60 Å². The summed E-state index contributed by atoms with van der Waals surface area (Å²) in [7, 11) is -1.39. The van der Waals surface area contributed by atoms with E-state index in [4.69, 9.17) is 4.74 Å². The largest absolute Gasteiger partial charge is 0.460 e. The van der Waals surface area contributed by atoms with Crippen molar-refractivity contribution in [1.29, 1.82) is 0 Å². The molecular weight excluding hydrogens is 288 g/mol. The van der Waals surface area contributed by atoms with Crippen LogP contribution in [0.1, 0.15) is 59.8 Å². The molecule has 1 unspecified atom stereocenters. The highest BCUT2D eigenvalue weighted by molar-refractivity contribution is 6.78. The molecule has 3 heteroatoms. The Bertz CT molecular complexity index is 472. The van der Waals surface area contributed by atoms with Crippen LogP contribution in [0.5, 0.6) is 0 Å². The van der Waals surface area contributed by atoms with Crippen LogP contribution >= 0.6 is 0 Å². The Morgan fingerprint density at radius 1 is 1.14 bits per heavy atom. The zero-order valence-electron chi connectivity index (χ0n) is 14.5. The molecule has 1 aromatic rings. The van der Waals surface area contributed by atoms with Gasteiger partial charge < -0.3 is 4.74 Å². The third-order valence-corrected chi connectivity index (χ3v) is 8.85. The van der Waals surface area contributed by atoms with E-state index < -0.39 is 14.4 Å². The third-order valence-electron chi connectivity index (χ3n) is 4.66. The molecule has 1 saturated carbocycles. The number of ether oxygens (including phenoxy) is 1. The average Bonchev–Trinajstić information content (AvgIpc) is 2.48. The minimum absolute atomic E-state index is 0.00130. The van der Waals surface area contributed by atoms with Crippen molar-refractivity contribution in [3.63, 3.8) is 0 Å². The topological polar surface area (TPSA) is 26.3 Å². The fourth-order valence-corrected chi connectivity index (χ4v) is 7.83. The van der Waals surface area contributed by atoms with Gasteiger partial charge >= 0.3 is 5.97 Å². The number of carbonyl (C=O) groups excluding carboxylic acids is 1. The first-order valence-corrected chi connectivity index (χ1v) is 10.6.